The van der Waals surface area contributed by atoms with Crippen LogP contribution in [0.25, 0.3) is 11.2 Å². The number of esters is 1. The fraction of sp³-hybridized carbons (Fsp3) is 0.462. The maximum Gasteiger partial charge on any atom is 0.323 e. The van der Waals surface area contributed by atoms with Gasteiger partial charge in [-0.05, 0) is 44.7 Å². The lowest BCUT2D eigenvalue weighted by atomic mass is 9.97. The Morgan fingerprint density at radius 3 is 2.73 bits per heavy atom. The highest BCUT2D eigenvalue weighted by Crippen LogP contribution is 2.48. The van der Waals surface area contributed by atoms with Crippen LogP contribution in [0.4, 0.5) is 10.2 Å². The Labute approximate surface area is 242 Å². The number of aliphatic hydroxyl groups excluding tert-OH is 1. The second-order valence-electron chi connectivity index (χ2n) is 9.50. The minimum atomic E-state index is -3.48. The number of aromatic nitrogens is 4. The molecule has 0 saturated carbocycles. The molecule has 1 aliphatic rings. The molecule has 0 unspecified atom stereocenters. The number of rotatable bonds is 11. The van der Waals surface area contributed by atoms with Gasteiger partial charge in [0.15, 0.2) is 23.2 Å². The highest BCUT2D eigenvalue weighted by atomic mass is 32.5. The molecular formula is C26H32FN6O6PS. The van der Waals surface area contributed by atoms with Gasteiger partial charge in [-0.15, -0.1) is 6.42 Å². The van der Waals surface area contributed by atoms with Gasteiger partial charge < -0.3 is 28.5 Å². The predicted molar refractivity (Wildman–Crippen MR) is 154 cm³/mol. The monoisotopic (exact) mass is 606 g/mol. The van der Waals surface area contributed by atoms with Crippen molar-refractivity contribution in [2.75, 3.05) is 32.2 Å². The number of halogens is 1. The van der Waals surface area contributed by atoms with E-state index in [9.17, 15) is 9.90 Å². The van der Waals surface area contributed by atoms with Crippen LogP contribution in [-0.2, 0) is 30.6 Å². The largest absolute Gasteiger partial charge is 0.465 e. The summed E-state index contributed by atoms with van der Waals surface area (Å²) in [4.78, 5) is 27.2. The summed E-state index contributed by atoms with van der Waals surface area (Å²) < 4.78 is 40.5. The lowest BCUT2D eigenvalue weighted by Crippen LogP contribution is -2.42. The molecular weight excluding hydrogens is 574 g/mol. The molecule has 3 aromatic rings. The summed E-state index contributed by atoms with van der Waals surface area (Å²) in [6.45, 7) is 1.21. The van der Waals surface area contributed by atoms with Gasteiger partial charge in [-0.1, -0.05) is 24.1 Å². The van der Waals surface area contributed by atoms with Gasteiger partial charge in [0, 0.05) is 14.1 Å². The molecule has 41 heavy (non-hydrogen) atoms. The lowest BCUT2D eigenvalue weighted by Gasteiger charge is -2.27. The summed E-state index contributed by atoms with van der Waals surface area (Å²) >= 11 is 5.69. The Bertz CT molecular complexity index is 1490. The van der Waals surface area contributed by atoms with Crippen LogP contribution in [-0.4, -0.2) is 81.8 Å². The SMILES string of the molecule is C#C[C@@]1(F)[C@H](O)[C@@H](CO[P@@](=S)(N[C@@H](C)C(=O)OCC)Oc2ccccc2)O[C@H]1n1cnc2c(N(C)C)nc(C)nc21. The Hall–Kier alpha value is -3.18. The molecule has 220 valence electrons. The number of terminal acetylenes is 1. The minimum Gasteiger partial charge on any atom is -0.465 e. The first-order chi connectivity index (χ1) is 19.4. The molecule has 1 saturated heterocycles. The van der Waals surface area contributed by atoms with Crippen LogP contribution < -0.4 is 14.5 Å². The molecule has 0 bridgehead atoms. The van der Waals surface area contributed by atoms with Crippen LogP contribution in [0, 0.1) is 19.3 Å². The normalized spacial score (nSPS) is 24.4. The molecule has 0 spiro atoms. The van der Waals surface area contributed by atoms with E-state index in [4.69, 9.17) is 36.8 Å². The quantitative estimate of drug-likeness (QED) is 0.189. The van der Waals surface area contributed by atoms with Gasteiger partial charge in [0.05, 0.1) is 19.5 Å². The Morgan fingerprint density at radius 2 is 2.10 bits per heavy atom. The van der Waals surface area contributed by atoms with Crippen molar-refractivity contribution < 1.29 is 32.8 Å². The van der Waals surface area contributed by atoms with E-state index in [1.165, 1.54) is 10.9 Å². The molecule has 1 aliphatic heterocycles. The molecule has 1 fully saturated rings. The van der Waals surface area contributed by atoms with Gasteiger partial charge in [-0.2, -0.15) is 0 Å². The molecule has 12 nitrogen and oxygen atoms in total. The summed E-state index contributed by atoms with van der Waals surface area (Å²) in [5.74, 6) is 2.82. The zero-order chi connectivity index (χ0) is 29.9. The molecule has 0 radical (unpaired) electrons. The number of hydrogen-bond donors (Lipinski definition) is 2. The van der Waals surface area contributed by atoms with Crippen LogP contribution in [0.2, 0.25) is 0 Å². The van der Waals surface area contributed by atoms with E-state index in [0.29, 0.717) is 22.9 Å². The fourth-order valence-corrected chi connectivity index (χ4v) is 6.66. The van der Waals surface area contributed by atoms with Crippen LogP contribution in [0.1, 0.15) is 25.9 Å². The van der Waals surface area contributed by atoms with Crippen molar-refractivity contribution in [2.45, 2.75) is 50.9 Å². The van der Waals surface area contributed by atoms with Crippen LogP contribution in [0.3, 0.4) is 0 Å². The van der Waals surface area contributed by atoms with Crippen molar-refractivity contribution in [2.24, 2.45) is 0 Å². The summed E-state index contributed by atoms with van der Waals surface area (Å²) in [5, 5.41) is 13.9. The van der Waals surface area contributed by atoms with E-state index in [-0.39, 0.29) is 12.3 Å². The smallest absolute Gasteiger partial charge is 0.323 e. The Kier molecular flexibility index (Phi) is 9.28. The zero-order valence-corrected chi connectivity index (χ0v) is 24.9. The summed E-state index contributed by atoms with van der Waals surface area (Å²) in [7, 11) is 3.59. The summed E-state index contributed by atoms with van der Waals surface area (Å²) in [5.41, 5.74) is -1.99. The Morgan fingerprint density at radius 1 is 1.39 bits per heavy atom. The van der Waals surface area contributed by atoms with Crippen molar-refractivity contribution in [3.05, 3.63) is 42.5 Å². The standard InChI is InChI=1S/C26H32FN6O6PS/c1-7-26(27)21(34)19(38-25(26)33-15-28-20-22(32(5)6)29-17(4)30-23(20)33)14-37-40(41,31-16(3)24(35)36-8-2)39-18-12-10-9-11-13-18/h1,9-13,15-16,19,21,25,34H,8,14H2,2-6H3,(H,31,41)/t16-,19+,21+,25+,26+,40-/m0/s1. The van der Waals surface area contributed by atoms with E-state index in [0.717, 1.165) is 0 Å². The fourth-order valence-electron chi connectivity index (χ4n) is 4.24. The second-order valence-corrected chi connectivity index (χ2v) is 12.6. The van der Waals surface area contributed by atoms with Gasteiger partial charge in [-0.25, -0.2) is 24.4 Å². The van der Waals surface area contributed by atoms with E-state index in [2.05, 4.69) is 20.0 Å². The summed E-state index contributed by atoms with van der Waals surface area (Å²) in [6.07, 6.45) is 2.36. The molecule has 1 aromatic carbocycles. The van der Waals surface area contributed by atoms with Crippen molar-refractivity contribution >= 4 is 41.4 Å². The van der Waals surface area contributed by atoms with Crippen LogP contribution >= 0.6 is 6.64 Å². The van der Waals surface area contributed by atoms with Crippen LogP contribution in [0.15, 0.2) is 36.7 Å². The number of nitrogens with zero attached hydrogens (tertiary/aromatic N) is 5. The van der Waals surface area contributed by atoms with Crippen molar-refractivity contribution in [3.8, 4) is 18.1 Å². The number of fused-ring (bicyclic) bond motifs is 1. The maximum atomic E-state index is 16.3. The second kappa shape index (κ2) is 12.4. The zero-order valence-electron chi connectivity index (χ0n) is 23.2. The van der Waals surface area contributed by atoms with Crippen molar-refractivity contribution in [3.63, 3.8) is 0 Å². The number of carbonyl (C=O) groups excluding carboxylic acids is 1. The molecule has 3 heterocycles. The first-order valence-corrected chi connectivity index (χ1v) is 15.4. The topological polar surface area (TPSA) is 133 Å². The predicted octanol–water partition coefficient (Wildman–Crippen LogP) is 2.66. The van der Waals surface area contributed by atoms with E-state index < -0.39 is 49.4 Å². The third-order valence-corrected chi connectivity index (χ3v) is 8.73. The number of anilines is 1. The average molecular weight is 607 g/mol. The average Bonchev–Trinajstić information content (AvgIpc) is 3.45. The lowest BCUT2D eigenvalue weighted by molar-refractivity contribution is -0.144. The number of benzene rings is 1. The number of alkyl halides is 1. The third-order valence-electron chi connectivity index (χ3n) is 6.23. The van der Waals surface area contributed by atoms with Gasteiger partial charge in [0.25, 0.3) is 0 Å². The summed E-state index contributed by atoms with van der Waals surface area (Å²) in [6, 6.07) is 7.72. The number of aliphatic hydroxyl groups is 1. The van der Waals surface area contributed by atoms with E-state index in [1.807, 2.05) is 5.92 Å². The van der Waals surface area contributed by atoms with Gasteiger partial charge in [0.2, 0.25) is 5.67 Å². The van der Waals surface area contributed by atoms with E-state index in [1.54, 1.807) is 70.1 Å². The maximum absolute atomic E-state index is 16.3. The third kappa shape index (κ3) is 6.35. The van der Waals surface area contributed by atoms with Gasteiger partial charge >= 0.3 is 12.6 Å². The van der Waals surface area contributed by atoms with Gasteiger partial charge in [0.1, 0.15) is 29.8 Å². The van der Waals surface area contributed by atoms with E-state index >= 15 is 4.39 Å². The number of ether oxygens (including phenoxy) is 2. The van der Waals surface area contributed by atoms with Gasteiger partial charge in [-0.3, -0.25) is 9.36 Å². The van der Waals surface area contributed by atoms with Crippen molar-refractivity contribution in [1.82, 2.24) is 24.6 Å². The highest BCUT2D eigenvalue weighted by molar-refractivity contribution is 8.09. The number of hydrogen-bond acceptors (Lipinski definition) is 11. The molecule has 2 N–H and O–H groups in total. The number of aryl methyl sites for hydroxylation is 1. The molecule has 0 aliphatic carbocycles. The molecule has 15 heteroatoms. The Balaban J connectivity index is 1.61. The molecule has 6 atom stereocenters. The molecule has 2 aromatic heterocycles. The number of carbonyl (C=O) groups is 1. The number of para-hydroxylation sites is 1. The number of nitrogens with one attached hydrogen (secondary N) is 1. The number of imidazole rings is 1. The molecule has 0 amide bonds. The van der Waals surface area contributed by atoms with Crippen molar-refractivity contribution in [1.29, 1.82) is 0 Å². The molecule has 4 rings (SSSR count). The minimum absolute atomic E-state index is 0.172. The first-order valence-electron chi connectivity index (χ1n) is 12.7. The van der Waals surface area contributed by atoms with Crippen LogP contribution in [0.5, 0.6) is 5.75 Å². The first kappa shape index (κ1) is 30.8. The highest BCUT2D eigenvalue weighted by Gasteiger charge is 2.58.